The number of unbranched alkanes of at least 4 members (excludes halogenated alkanes) is 2. The SMILES string of the molecule is CCCCCOc1ccc(C(=O)CCC(=O)NCCNS(=O)(=O)c2cccc([N+](=O)[O-])c2)cc1. The van der Waals surface area contributed by atoms with Crippen molar-refractivity contribution in [2.75, 3.05) is 19.7 Å². The molecule has 0 bridgehead atoms. The van der Waals surface area contributed by atoms with E-state index < -0.39 is 20.9 Å². The predicted octanol–water partition coefficient (Wildman–Crippen LogP) is 3.22. The predicted molar refractivity (Wildman–Crippen MR) is 126 cm³/mol. The van der Waals surface area contributed by atoms with E-state index in [1.165, 1.54) is 18.2 Å². The van der Waals surface area contributed by atoms with Crippen LogP contribution in [0.5, 0.6) is 5.75 Å². The van der Waals surface area contributed by atoms with Gasteiger partial charge in [0.15, 0.2) is 5.78 Å². The normalized spacial score (nSPS) is 11.1. The van der Waals surface area contributed by atoms with Gasteiger partial charge in [0.05, 0.1) is 16.4 Å². The molecule has 0 aliphatic rings. The average molecular weight is 492 g/mol. The molecule has 0 saturated carbocycles. The van der Waals surface area contributed by atoms with E-state index in [0.717, 1.165) is 25.3 Å². The van der Waals surface area contributed by atoms with E-state index in [9.17, 15) is 28.1 Å². The van der Waals surface area contributed by atoms with E-state index in [1.54, 1.807) is 24.3 Å². The third-order valence-electron chi connectivity index (χ3n) is 4.85. The number of hydrogen-bond acceptors (Lipinski definition) is 7. The van der Waals surface area contributed by atoms with E-state index in [2.05, 4.69) is 17.0 Å². The Kier molecular flexibility index (Phi) is 10.6. The van der Waals surface area contributed by atoms with Crippen LogP contribution in [0.25, 0.3) is 0 Å². The van der Waals surface area contributed by atoms with Crippen LogP contribution in [0.1, 0.15) is 49.4 Å². The molecule has 184 valence electrons. The summed E-state index contributed by atoms with van der Waals surface area (Å²) in [5, 5.41) is 13.3. The fourth-order valence-corrected chi connectivity index (χ4v) is 4.04. The number of ketones is 1. The summed E-state index contributed by atoms with van der Waals surface area (Å²) in [7, 11) is -3.96. The first-order valence-corrected chi connectivity index (χ1v) is 12.5. The first-order valence-electron chi connectivity index (χ1n) is 11.0. The summed E-state index contributed by atoms with van der Waals surface area (Å²) < 4.78 is 32.4. The monoisotopic (exact) mass is 491 g/mol. The van der Waals surface area contributed by atoms with Crippen molar-refractivity contribution in [3.05, 3.63) is 64.2 Å². The summed E-state index contributed by atoms with van der Waals surface area (Å²) in [5.41, 5.74) is 0.147. The zero-order chi connectivity index (χ0) is 25.0. The van der Waals surface area contributed by atoms with Gasteiger partial charge >= 0.3 is 0 Å². The number of non-ortho nitro benzene ring substituents is 1. The molecule has 1 amide bonds. The fourth-order valence-electron chi connectivity index (χ4n) is 2.97. The Balaban J connectivity index is 1.70. The minimum absolute atomic E-state index is 0.00521. The maximum atomic E-state index is 12.3. The molecule has 0 aromatic heterocycles. The van der Waals surface area contributed by atoms with Gasteiger partial charge in [-0.2, -0.15) is 0 Å². The van der Waals surface area contributed by atoms with Crippen molar-refractivity contribution in [1.82, 2.24) is 10.0 Å². The molecule has 0 radical (unpaired) electrons. The quantitative estimate of drug-likeness (QED) is 0.168. The molecule has 2 aromatic rings. The fraction of sp³-hybridized carbons (Fsp3) is 0.391. The summed E-state index contributed by atoms with van der Waals surface area (Å²) in [6.45, 7) is 2.64. The molecular weight excluding hydrogens is 462 g/mol. The number of carbonyl (C=O) groups is 2. The highest BCUT2D eigenvalue weighted by Gasteiger charge is 2.17. The molecule has 0 saturated heterocycles. The molecule has 11 heteroatoms. The molecule has 0 spiro atoms. The van der Waals surface area contributed by atoms with Gasteiger partial charge in [-0.05, 0) is 36.8 Å². The standard InChI is InChI=1S/C23H29N3O7S/c1-2-3-4-16-33-20-10-8-18(9-11-20)22(27)12-13-23(28)24-14-15-25-34(31,32)21-7-5-6-19(17-21)26(29)30/h5-11,17,25H,2-4,12-16H2,1H3,(H,24,28). The number of carbonyl (C=O) groups excluding carboxylic acids is 2. The number of nitro groups is 1. The Bertz CT molecular complexity index is 1090. The second-order valence-corrected chi connectivity index (χ2v) is 9.27. The number of nitro benzene ring substituents is 1. The third kappa shape index (κ3) is 8.91. The molecule has 0 heterocycles. The molecule has 2 aromatic carbocycles. The Hall–Kier alpha value is -3.31. The minimum atomic E-state index is -3.96. The highest BCUT2D eigenvalue weighted by Crippen LogP contribution is 2.17. The van der Waals surface area contributed by atoms with Crippen LogP contribution in [0.3, 0.4) is 0 Å². The molecule has 0 fully saturated rings. The lowest BCUT2D eigenvalue weighted by Crippen LogP contribution is -2.34. The van der Waals surface area contributed by atoms with Gasteiger partial charge in [0.1, 0.15) is 5.75 Å². The van der Waals surface area contributed by atoms with Gasteiger partial charge in [0.25, 0.3) is 5.69 Å². The van der Waals surface area contributed by atoms with Crippen molar-refractivity contribution in [3.8, 4) is 5.75 Å². The van der Waals surface area contributed by atoms with Crippen molar-refractivity contribution < 1.29 is 27.7 Å². The lowest BCUT2D eigenvalue weighted by atomic mass is 10.1. The molecule has 10 nitrogen and oxygen atoms in total. The number of rotatable bonds is 15. The first-order chi connectivity index (χ1) is 16.2. The molecule has 0 aliphatic carbocycles. The third-order valence-corrected chi connectivity index (χ3v) is 6.31. The van der Waals surface area contributed by atoms with Gasteiger partial charge in [-0.3, -0.25) is 19.7 Å². The van der Waals surface area contributed by atoms with E-state index in [4.69, 9.17) is 4.74 Å². The Morgan fingerprint density at radius 3 is 2.44 bits per heavy atom. The molecule has 2 N–H and O–H groups in total. The Morgan fingerprint density at radius 2 is 1.76 bits per heavy atom. The van der Waals surface area contributed by atoms with Gasteiger partial charge in [0.2, 0.25) is 15.9 Å². The van der Waals surface area contributed by atoms with Crippen molar-refractivity contribution in [2.45, 2.75) is 43.9 Å². The maximum Gasteiger partial charge on any atom is 0.270 e. The van der Waals surface area contributed by atoms with E-state index in [1.807, 2.05) is 0 Å². The molecular formula is C23H29N3O7S. The molecule has 34 heavy (non-hydrogen) atoms. The van der Waals surface area contributed by atoms with Crippen molar-refractivity contribution >= 4 is 27.4 Å². The number of hydrogen-bond donors (Lipinski definition) is 2. The summed E-state index contributed by atoms with van der Waals surface area (Å²) in [6.07, 6.45) is 3.17. The highest BCUT2D eigenvalue weighted by molar-refractivity contribution is 7.89. The Labute approximate surface area is 198 Å². The summed E-state index contributed by atoms with van der Waals surface area (Å²) in [5.74, 6) is 0.121. The van der Waals surface area contributed by atoms with Crippen LogP contribution in [0, 0.1) is 10.1 Å². The molecule has 2 rings (SSSR count). The lowest BCUT2D eigenvalue weighted by Gasteiger charge is -2.08. The number of nitrogens with zero attached hydrogens (tertiary/aromatic N) is 1. The topological polar surface area (TPSA) is 145 Å². The molecule has 0 aliphatic heterocycles. The zero-order valence-corrected chi connectivity index (χ0v) is 19.8. The smallest absolute Gasteiger partial charge is 0.270 e. The highest BCUT2D eigenvalue weighted by atomic mass is 32.2. The van der Waals surface area contributed by atoms with Crippen molar-refractivity contribution in [2.24, 2.45) is 0 Å². The van der Waals surface area contributed by atoms with Gasteiger partial charge in [-0.15, -0.1) is 0 Å². The number of sulfonamides is 1. The van der Waals surface area contributed by atoms with E-state index in [0.29, 0.717) is 17.9 Å². The van der Waals surface area contributed by atoms with E-state index >= 15 is 0 Å². The number of Topliss-reactive ketones (excluding diaryl/α,β-unsaturated/α-hetero) is 1. The van der Waals surface area contributed by atoms with Gasteiger partial charge in [0, 0.05) is 43.6 Å². The average Bonchev–Trinajstić information content (AvgIpc) is 2.83. The van der Waals surface area contributed by atoms with Crippen LogP contribution >= 0.6 is 0 Å². The lowest BCUT2D eigenvalue weighted by molar-refractivity contribution is -0.385. The van der Waals surface area contributed by atoms with Gasteiger partial charge in [-0.1, -0.05) is 25.8 Å². The van der Waals surface area contributed by atoms with E-state index in [-0.39, 0.29) is 42.3 Å². The van der Waals surface area contributed by atoms with Crippen LogP contribution in [0.4, 0.5) is 5.69 Å². The molecule has 0 unspecified atom stereocenters. The maximum absolute atomic E-state index is 12.3. The largest absolute Gasteiger partial charge is 0.494 e. The van der Waals surface area contributed by atoms with Gasteiger partial charge in [-0.25, -0.2) is 13.1 Å². The second kappa shape index (κ2) is 13.4. The van der Waals surface area contributed by atoms with Crippen LogP contribution in [-0.4, -0.2) is 44.7 Å². The zero-order valence-electron chi connectivity index (χ0n) is 19.0. The first kappa shape index (κ1) is 26.9. The number of ether oxygens (including phenoxy) is 1. The van der Waals surface area contributed by atoms with Crippen LogP contribution < -0.4 is 14.8 Å². The second-order valence-electron chi connectivity index (χ2n) is 7.51. The van der Waals surface area contributed by atoms with Crippen LogP contribution in [0.2, 0.25) is 0 Å². The number of benzene rings is 2. The van der Waals surface area contributed by atoms with Gasteiger partial charge < -0.3 is 10.1 Å². The number of nitrogens with one attached hydrogen (secondary N) is 2. The minimum Gasteiger partial charge on any atom is -0.494 e. The Morgan fingerprint density at radius 1 is 1.03 bits per heavy atom. The van der Waals surface area contributed by atoms with Crippen LogP contribution in [0.15, 0.2) is 53.4 Å². The van der Waals surface area contributed by atoms with Crippen molar-refractivity contribution in [3.63, 3.8) is 0 Å². The van der Waals surface area contributed by atoms with Crippen LogP contribution in [-0.2, 0) is 14.8 Å². The summed E-state index contributed by atoms with van der Waals surface area (Å²) in [6, 6.07) is 11.5. The summed E-state index contributed by atoms with van der Waals surface area (Å²) >= 11 is 0. The summed E-state index contributed by atoms with van der Waals surface area (Å²) in [4.78, 5) is 34.2. The molecule has 0 atom stereocenters. The number of amides is 1. The van der Waals surface area contributed by atoms with Crippen molar-refractivity contribution in [1.29, 1.82) is 0 Å².